The summed E-state index contributed by atoms with van der Waals surface area (Å²) >= 11 is 0. The summed E-state index contributed by atoms with van der Waals surface area (Å²) < 4.78 is 0. The first-order valence-corrected chi connectivity index (χ1v) is 16.8. The summed E-state index contributed by atoms with van der Waals surface area (Å²) in [5.41, 5.74) is 13.7. The Kier molecular flexibility index (Phi) is 6.55. The molecule has 0 fully saturated rings. The molecule has 48 heavy (non-hydrogen) atoms. The molecule has 8 aromatic rings. The molecule has 0 amide bonds. The Bertz CT molecular complexity index is 2460. The lowest BCUT2D eigenvalue weighted by Gasteiger charge is -2.30. The number of hydrogen-bond donors (Lipinski definition) is 0. The van der Waals surface area contributed by atoms with Crippen LogP contribution < -0.4 is 4.90 Å². The molecule has 0 heterocycles. The van der Waals surface area contributed by atoms with Crippen molar-refractivity contribution >= 4 is 38.6 Å². The van der Waals surface area contributed by atoms with E-state index in [-0.39, 0.29) is 5.41 Å². The summed E-state index contributed by atoms with van der Waals surface area (Å²) in [4.78, 5) is 2.46. The van der Waals surface area contributed by atoms with Gasteiger partial charge in [0, 0.05) is 22.1 Å². The maximum atomic E-state index is 2.46. The molecule has 0 unspecified atom stereocenters. The normalized spacial score (nSPS) is 13.0. The molecule has 0 bridgehead atoms. The van der Waals surface area contributed by atoms with E-state index in [9.17, 15) is 0 Å². The number of fused-ring (bicyclic) bond motifs is 5. The fourth-order valence-electron chi connectivity index (χ4n) is 7.76. The van der Waals surface area contributed by atoms with Gasteiger partial charge in [-0.1, -0.05) is 159 Å². The first-order valence-electron chi connectivity index (χ1n) is 16.8. The van der Waals surface area contributed by atoms with Crippen molar-refractivity contribution in [1.82, 2.24) is 0 Å². The van der Waals surface area contributed by atoms with Gasteiger partial charge >= 0.3 is 0 Å². The Hall–Kier alpha value is -5.92. The monoisotopic (exact) mass is 613 g/mol. The smallest absolute Gasteiger partial charge is 0.0543 e. The summed E-state index contributed by atoms with van der Waals surface area (Å²) in [6.45, 7) is 4.70. The van der Waals surface area contributed by atoms with Gasteiger partial charge in [0.25, 0.3) is 0 Å². The maximum absolute atomic E-state index is 2.46. The number of benzene rings is 8. The van der Waals surface area contributed by atoms with Gasteiger partial charge in [-0.05, 0) is 85.4 Å². The lowest BCUT2D eigenvalue weighted by molar-refractivity contribution is 0.660. The second-order valence-electron chi connectivity index (χ2n) is 13.4. The molecule has 0 saturated heterocycles. The first-order chi connectivity index (χ1) is 23.6. The highest BCUT2D eigenvalue weighted by atomic mass is 15.1. The largest absolute Gasteiger partial charge is 0.309 e. The predicted octanol–water partition coefficient (Wildman–Crippen LogP) is 13.1. The van der Waals surface area contributed by atoms with Crippen molar-refractivity contribution in [3.8, 4) is 33.4 Å². The summed E-state index contributed by atoms with van der Waals surface area (Å²) in [7, 11) is 0. The number of anilines is 3. The van der Waals surface area contributed by atoms with Crippen LogP contribution in [0, 0.1) is 0 Å². The van der Waals surface area contributed by atoms with E-state index >= 15 is 0 Å². The van der Waals surface area contributed by atoms with Crippen LogP contribution in [0.15, 0.2) is 176 Å². The Balaban J connectivity index is 1.15. The van der Waals surface area contributed by atoms with Gasteiger partial charge in [0.05, 0.1) is 11.4 Å². The predicted molar refractivity (Wildman–Crippen MR) is 205 cm³/mol. The summed E-state index contributed by atoms with van der Waals surface area (Å²) in [6, 6.07) is 64.4. The second-order valence-corrected chi connectivity index (χ2v) is 13.4. The van der Waals surface area contributed by atoms with E-state index < -0.39 is 0 Å². The third-order valence-corrected chi connectivity index (χ3v) is 10.3. The zero-order chi connectivity index (χ0) is 32.2. The van der Waals surface area contributed by atoms with Crippen LogP contribution in [0.1, 0.15) is 25.0 Å². The minimum Gasteiger partial charge on any atom is -0.309 e. The van der Waals surface area contributed by atoms with Gasteiger partial charge in [0.15, 0.2) is 0 Å². The minimum atomic E-state index is -0.0742. The lowest BCUT2D eigenvalue weighted by atomic mass is 9.82. The van der Waals surface area contributed by atoms with Crippen LogP contribution in [0.2, 0.25) is 0 Å². The fourth-order valence-corrected chi connectivity index (χ4v) is 7.76. The molecule has 8 aromatic carbocycles. The molecule has 0 radical (unpaired) electrons. The Morgan fingerprint density at radius 2 is 0.938 bits per heavy atom. The molecule has 1 aliphatic rings. The molecule has 0 atom stereocenters. The summed E-state index contributed by atoms with van der Waals surface area (Å²) in [5, 5.41) is 5.00. The molecular formula is C47H35N. The van der Waals surface area contributed by atoms with Gasteiger partial charge in [-0.2, -0.15) is 0 Å². The van der Waals surface area contributed by atoms with E-state index in [1.165, 1.54) is 77.4 Å². The Morgan fingerprint density at radius 1 is 0.396 bits per heavy atom. The highest BCUT2D eigenvalue weighted by molar-refractivity contribution is 6.02. The van der Waals surface area contributed by atoms with Crippen molar-refractivity contribution < 1.29 is 0 Å². The van der Waals surface area contributed by atoms with Gasteiger partial charge in [-0.3, -0.25) is 0 Å². The van der Waals surface area contributed by atoms with Crippen molar-refractivity contribution in [2.75, 3.05) is 4.90 Å². The van der Waals surface area contributed by atoms with Crippen molar-refractivity contribution in [2.24, 2.45) is 0 Å². The van der Waals surface area contributed by atoms with E-state index in [1.807, 2.05) is 0 Å². The van der Waals surface area contributed by atoms with Crippen LogP contribution in [0.4, 0.5) is 17.1 Å². The topological polar surface area (TPSA) is 3.24 Å². The average Bonchev–Trinajstić information content (AvgIpc) is 3.38. The van der Waals surface area contributed by atoms with Crippen LogP contribution in [0.5, 0.6) is 0 Å². The van der Waals surface area contributed by atoms with E-state index in [0.29, 0.717) is 0 Å². The van der Waals surface area contributed by atoms with Crippen LogP contribution in [0.3, 0.4) is 0 Å². The molecule has 0 aromatic heterocycles. The third-order valence-electron chi connectivity index (χ3n) is 10.3. The lowest BCUT2D eigenvalue weighted by Crippen LogP contribution is -2.16. The van der Waals surface area contributed by atoms with E-state index in [0.717, 1.165) is 5.69 Å². The van der Waals surface area contributed by atoms with Crippen molar-refractivity contribution in [1.29, 1.82) is 0 Å². The van der Waals surface area contributed by atoms with Crippen LogP contribution >= 0.6 is 0 Å². The number of nitrogens with zero attached hydrogens (tertiary/aromatic N) is 1. The fraction of sp³-hybridized carbons (Fsp3) is 0.0638. The molecule has 0 aliphatic heterocycles. The SMILES string of the molecule is CC1(C)c2ccccc2-c2c(N(c3ccc(-c4ccc(-c5ccc6ccccc6c5)cc4)cc3)c3cccc4ccccc34)cccc21. The quantitative estimate of drug-likeness (QED) is 0.187. The second kappa shape index (κ2) is 11.1. The third kappa shape index (κ3) is 4.54. The zero-order valence-corrected chi connectivity index (χ0v) is 27.2. The molecule has 9 rings (SSSR count). The molecule has 1 heteroatoms. The zero-order valence-electron chi connectivity index (χ0n) is 27.2. The molecule has 0 spiro atoms. The van der Waals surface area contributed by atoms with E-state index in [2.05, 4.69) is 195 Å². The van der Waals surface area contributed by atoms with E-state index in [1.54, 1.807) is 0 Å². The van der Waals surface area contributed by atoms with Gasteiger partial charge < -0.3 is 4.90 Å². The van der Waals surface area contributed by atoms with Crippen molar-refractivity contribution in [3.63, 3.8) is 0 Å². The van der Waals surface area contributed by atoms with Crippen LogP contribution in [0.25, 0.3) is 54.9 Å². The molecule has 0 saturated carbocycles. The molecule has 1 nitrogen and oxygen atoms in total. The minimum absolute atomic E-state index is 0.0742. The molecule has 228 valence electrons. The number of hydrogen-bond acceptors (Lipinski definition) is 1. The van der Waals surface area contributed by atoms with Gasteiger partial charge in [-0.15, -0.1) is 0 Å². The Morgan fingerprint density at radius 3 is 1.73 bits per heavy atom. The van der Waals surface area contributed by atoms with Gasteiger partial charge in [0.1, 0.15) is 0 Å². The molecule has 0 N–H and O–H groups in total. The molecular weight excluding hydrogens is 579 g/mol. The van der Waals surface area contributed by atoms with Crippen molar-refractivity contribution in [3.05, 3.63) is 187 Å². The average molecular weight is 614 g/mol. The van der Waals surface area contributed by atoms with Gasteiger partial charge in [-0.25, -0.2) is 0 Å². The first kappa shape index (κ1) is 28.3. The Labute approximate surface area is 282 Å². The highest BCUT2D eigenvalue weighted by Crippen LogP contribution is 2.54. The standard InChI is InChI=1S/C47H35N/c1-47(2)42-17-8-7-16-41(42)46-43(47)18-10-20-45(46)48(44-19-9-14-36-12-5-6-15-40(36)44)39-29-27-34(28-30-39)33-21-23-35(24-22-33)38-26-25-32-11-3-4-13-37(32)31-38/h3-31H,1-2H3. The van der Waals surface area contributed by atoms with Crippen LogP contribution in [-0.2, 0) is 5.41 Å². The van der Waals surface area contributed by atoms with Crippen LogP contribution in [-0.4, -0.2) is 0 Å². The van der Waals surface area contributed by atoms with Gasteiger partial charge in [0.2, 0.25) is 0 Å². The summed E-state index contributed by atoms with van der Waals surface area (Å²) in [5.74, 6) is 0. The number of rotatable bonds is 5. The highest BCUT2D eigenvalue weighted by Gasteiger charge is 2.37. The summed E-state index contributed by atoms with van der Waals surface area (Å²) in [6.07, 6.45) is 0. The maximum Gasteiger partial charge on any atom is 0.0543 e. The molecule has 1 aliphatic carbocycles. The van der Waals surface area contributed by atoms with E-state index in [4.69, 9.17) is 0 Å². The van der Waals surface area contributed by atoms with Crippen molar-refractivity contribution in [2.45, 2.75) is 19.3 Å².